The number of carbonyl (C=O) groups excluding carboxylic acids is 2. The summed E-state index contributed by atoms with van der Waals surface area (Å²) in [4.78, 5) is 37.0. The minimum atomic E-state index is -1.10. The standard InChI is InChI=1S/C26H32N2O5/c1-5-10-21(24(30)31)27-23(29)22(26(2,3)4)28-25(32)33-15-20-18-13-8-6-11-16(18)17-12-7-9-14-19(17)20/h6-9,11-14,20-22H,5,10,15H2,1-4H3,(H,27,29)(H,28,32)(H,30,31)/t21-,22?/m0/s1. The Morgan fingerprint density at radius 3 is 2.00 bits per heavy atom. The van der Waals surface area contributed by atoms with Crippen molar-refractivity contribution in [3.63, 3.8) is 0 Å². The van der Waals surface area contributed by atoms with Gasteiger partial charge in [-0.05, 0) is 34.1 Å². The van der Waals surface area contributed by atoms with Gasteiger partial charge in [-0.3, -0.25) is 4.79 Å². The minimum absolute atomic E-state index is 0.0917. The zero-order valence-electron chi connectivity index (χ0n) is 19.6. The molecule has 0 heterocycles. The molecule has 0 aliphatic heterocycles. The maximum absolute atomic E-state index is 12.9. The summed E-state index contributed by atoms with van der Waals surface area (Å²) in [5, 5.41) is 14.6. The van der Waals surface area contributed by atoms with Crippen molar-refractivity contribution >= 4 is 18.0 Å². The Morgan fingerprint density at radius 2 is 1.52 bits per heavy atom. The summed E-state index contributed by atoms with van der Waals surface area (Å²) < 4.78 is 5.57. The third-order valence-corrected chi connectivity index (χ3v) is 5.93. The second-order valence-electron chi connectivity index (χ2n) is 9.46. The van der Waals surface area contributed by atoms with Gasteiger partial charge in [-0.1, -0.05) is 82.6 Å². The molecule has 0 bridgehead atoms. The lowest BCUT2D eigenvalue weighted by atomic mass is 9.86. The Hall–Kier alpha value is -3.35. The van der Waals surface area contributed by atoms with E-state index in [4.69, 9.17) is 4.74 Å². The summed E-state index contributed by atoms with van der Waals surface area (Å²) >= 11 is 0. The number of ether oxygens (including phenoxy) is 1. The predicted octanol–water partition coefficient (Wildman–Crippen LogP) is 4.31. The Labute approximate surface area is 194 Å². The van der Waals surface area contributed by atoms with Gasteiger partial charge in [0, 0.05) is 5.92 Å². The fourth-order valence-corrected chi connectivity index (χ4v) is 4.23. The predicted molar refractivity (Wildman–Crippen MR) is 126 cm³/mol. The quantitative estimate of drug-likeness (QED) is 0.554. The van der Waals surface area contributed by atoms with Crippen molar-refractivity contribution in [2.75, 3.05) is 6.61 Å². The number of nitrogens with one attached hydrogen (secondary N) is 2. The van der Waals surface area contributed by atoms with Crippen molar-refractivity contribution in [1.29, 1.82) is 0 Å². The second-order valence-corrected chi connectivity index (χ2v) is 9.46. The number of rotatable bonds is 8. The number of alkyl carbamates (subject to hydrolysis) is 1. The number of amides is 2. The first-order valence-corrected chi connectivity index (χ1v) is 11.3. The van der Waals surface area contributed by atoms with Crippen LogP contribution in [0.5, 0.6) is 0 Å². The summed E-state index contributed by atoms with van der Waals surface area (Å²) in [6.07, 6.45) is 0.203. The molecule has 0 spiro atoms. The molecule has 3 rings (SSSR count). The van der Waals surface area contributed by atoms with Crippen molar-refractivity contribution in [2.45, 2.75) is 58.5 Å². The van der Waals surface area contributed by atoms with Gasteiger partial charge in [0.15, 0.2) is 0 Å². The normalized spacial score (nSPS) is 14.5. The molecular formula is C26H32N2O5. The number of carboxylic acids is 1. The average Bonchev–Trinajstić information content (AvgIpc) is 3.08. The fraction of sp³-hybridized carbons (Fsp3) is 0.423. The van der Waals surface area contributed by atoms with E-state index in [1.54, 1.807) is 20.8 Å². The lowest BCUT2D eigenvalue weighted by molar-refractivity contribution is -0.142. The fourth-order valence-electron chi connectivity index (χ4n) is 4.23. The molecule has 0 radical (unpaired) electrons. The molecule has 7 heteroatoms. The zero-order chi connectivity index (χ0) is 24.2. The first-order chi connectivity index (χ1) is 15.6. The van der Waals surface area contributed by atoms with Crippen molar-refractivity contribution in [2.24, 2.45) is 5.41 Å². The summed E-state index contributed by atoms with van der Waals surface area (Å²) in [5.74, 6) is -1.73. The first-order valence-electron chi connectivity index (χ1n) is 11.3. The maximum Gasteiger partial charge on any atom is 0.407 e. The van der Waals surface area contributed by atoms with Gasteiger partial charge in [0.1, 0.15) is 18.7 Å². The van der Waals surface area contributed by atoms with E-state index in [-0.39, 0.29) is 12.5 Å². The molecule has 0 fully saturated rings. The van der Waals surface area contributed by atoms with Crippen LogP contribution in [0.2, 0.25) is 0 Å². The highest BCUT2D eigenvalue weighted by atomic mass is 16.5. The van der Waals surface area contributed by atoms with Crippen LogP contribution in [0.3, 0.4) is 0 Å². The minimum Gasteiger partial charge on any atom is -0.480 e. The second kappa shape index (κ2) is 10.1. The SMILES string of the molecule is CCC[C@H](NC(=O)C(NC(=O)OCC1c2ccccc2-c2ccccc21)C(C)(C)C)C(=O)O. The van der Waals surface area contributed by atoms with Gasteiger partial charge in [-0.2, -0.15) is 0 Å². The Bertz CT molecular complexity index is 982. The van der Waals surface area contributed by atoms with Crippen LogP contribution in [0.4, 0.5) is 4.79 Å². The van der Waals surface area contributed by atoms with Gasteiger partial charge in [-0.15, -0.1) is 0 Å². The van der Waals surface area contributed by atoms with Crippen molar-refractivity contribution in [1.82, 2.24) is 10.6 Å². The third-order valence-electron chi connectivity index (χ3n) is 5.93. The summed E-state index contributed by atoms with van der Waals surface area (Å²) in [6, 6.07) is 14.1. The highest BCUT2D eigenvalue weighted by molar-refractivity contribution is 5.90. The third kappa shape index (κ3) is 5.53. The van der Waals surface area contributed by atoms with Gasteiger partial charge in [0.2, 0.25) is 5.91 Å². The molecule has 33 heavy (non-hydrogen) atoms. The summed E-state index contributed by atoms with van der Waals surface area (Å²) in [7, 11) is 0. The molecule has 1 aliphatic rings. The van der Waals surface area contributed by atoms with Gasteiger partial charge in [0.25, 0.3) is 0 Å². The van der Waals surface area contributed by atoms with Crippen LogP contribution < -0.4 is 10.6 Å². The van der Waals surface area contributed by atoms with Gasteiger partial charge in [0.05, 0.1) is 0 Å². The molecule has 0 aromatic heterocycles. The number of hydrogen-bond donors (Lipinski definition) is 3. The average molecular weight is 453 g/mol. The molecule has 2 aromatic carbocycles. The molecule has 3 N–H and O–H groups in total. The van der Waals surface area contributed by atoms with E-state index in [9.17, 15) is 19.5 Å². The highest BCUT2D eigenvalue weighted by Crippen LogP contribution is 2.44. The van der Waals surface area contributed by atoms with Crippen molar-refractivity contribution in [3.8, 4) is 11.1 Å². The number of aliphatic carboxylic acids is 1. The summed E-state index contributed by atoms with van der Waals surface area (Å²) in [5.41, 5.74) is 3.81. The monoisotopic (exact) mass is 452 g/mol. The Kier molecular flexibility index (Phi) is 7.41. The molecule has 0 saturated heterocycles. The lowest BCUT2D eigenvalue weighted by Crippen LogP contribution is -2.56. The van der Waals surface area contributed by atoms with E-state index >= 15 is 0 Å². The Morgan fingerprint density at radius 1 is 0.970 bits per heavy atom. The van der Waals surface area contributed by atoms with Gasteiger partial charge < -0.3 is 20.5 Å². The van der Waals surface area contributed by atoms with Gasteiger partial charge >= 0.3 is 12.1 Å². The number of carboxylic acid groups (broad SMARTS) is 1. The van der Waals surface area contributed by atoms with E-state index in [1.165, 1.54) is 0 Å². The molecule has 1 aliphatic carbocycles. The van der Waals surface area contributed by atoms with Crippen LogP contribution in [0.1, 0.15) is 57.6 Å². The lowest BCUT2D eigenvalue weighted by Gasteiger charge is -2.31. The smallest absolute Gasteiger partial charge is 0.407 e. The maximum atomic E-state index is 12.9. The van der Waals surface area contributed by atoms with E-state index in [0.29, 0.717) is 12.8 Å². The van der Waals surface area contributed by atoms with Crippen molar-refractivity contribution in [3.05, 3.63) is 59.7 Å². The van der Waals surface area contributed by atoms with Gasteiger partial charge in [-0.25, -0.2) is 9.59 Å². The molecule has 7 nitrogen and oxygen atoms in total. The zero-order valence-corrected chi connectivity index (χ0v) is 19.6. The van der Waals surface area contributed by atoms with Crippen LogP contribution in [-0.2, 0) is 14.3 Å². The van der Waals surface area contributed by atoms with Crippen LogP contribution >= 0.6 is 0 Å². The highest BCUT2D eigenvalue weighted by Gasteiger charge is 2.36. The first kappa shape index (κ1) is 24.3. The van der Waals surface area contributed by atoms with Crippen LogP contribution in [0.15, 0.2) is 48.5 Å². The van der Waals surface area contributed by atoms with E-state index < -0.39 is 35.5 Å². The molecule has 2 aromatic rings. The molecule has 2 amide bonds. The van der Waals surface area contributed by atoms with E-state index in [0.717, 1.165) is 22.3 Å². The van der Waals surface area contributed by atoms with E-state index in [2.05, 4.69) is 22.8 Å². The molecule has 2 atom stereocenters. The Balaban J connectivity index is 1.69. The molecule has 1 unspecified atom stereocenters. The number of carbonyl (C=O) groups is 3. The largest absolute Gasteiger partial charge is 0.480 e. The molecule has 0 saturated carbocycles. The van der Waals surface area contributed by atoms with E-state index in [1.807, 2.05) is 43.3 Å². The number of benzene rings is 2. The molecule has 176 valence electrons. The van der Waals surface area contributed by atoms with Crippen molar-refractivity contribution < 1.29 is 24.2 Å². The summed E-state index contributed by atoms with van der Waals surface area (Å²) in [6.45, 7) is 7.38. The molecular weight excluding hydrogens is 420 g/mol. The number of hydrogen-bond acceptors (Lipinski definition) is 4. The van der Waals surface area contributed by atoms with Crippen LogP contribution in [0.25, 0.3) is 11.1 Å². The number of fused-ring (bicyclic) bond motifs is 3. The topological polar surface area (TPSA) is 105 Å². The van der Waals surface area contributed by atoms with Crippen LogP contribution in [-0.4, -0.2) is 41.8 Å². The van der Waals surface area contributed by atoms with Crippen LogP contribution in [0, 0.1) is 5.41 Å².